The molecule has 174 valence electrons. The van der Waals surface area contributed by atoms with Crippen LogP contribution in [0, 0.1) is 6.92 Å². The van der Waals surface area contributed by atoms with Gasteiger partial charge in [0.25, 0.3) is 5.56 Å². The summed E-state index contributed by atoms with van der Waals surface area (Å²) in [6.07, 6.45) is -5.72. The second kappa shape index (κ2) is 9.05. The van der Waals surface area contributed by atoms with Gasteiger partial charge in [0.1, 0.15) is 11.6 Å². The van der Waals surface area contributed by atoms with Gasteiger partial charge in [-0.15, -0.1) is 0 Å². The van der Waals surface area contributed by atoms with Gasteiger partial charge in [-0.2, -0.15) is 13.2 Å². The van der Waals surface area contributed by atoms with Crippen molar-refractivity contribution in [3.63, 3.8) is 0 Å². The number of aromatic nitrogens is 1. The summed E-state index contributed by atoms with van der Waals surface area (Å²) in [6.45, 7) is 6.33. The van der Waals surface area contributed by atoms with Crippen molar-refractivity contribution in [3.05, 3.63) is 57.5 Å². The molecule has 1 atom stereocenters. The quantitative estimate of drug-likeness (QED) is 0.714. The number of benzene rings is 1. The normalized spacial score (nSPS) is 12.9. The fourth-order valence-electron chi connectivity index (χ4n) is 3.10. The number of ether oxygens (including phenoxy) is 1. The number of carboxylic acids is 1. The highest BCUT2D eigenvalue weighted by molar-refractivity contribution is 5.80. The predicted molar refractivity (Wildman–Crippen MR) is 111 cm³/mol. The number of nitrogens with one attached hydrogen (secondary N) is 1. The zero-order valence-electron chi connectivity index (χ0n) is 18.3. The van der Waals surface area contributed by atoms with E-state index < -0.39 is 41.0 Å². The number of hydrogen-bond donors (Lipinski definition) is 2. The van der Waals surface area contributed by atoms with Crippen LogP contribution in [0.2, 0.25) is 0 Å². The summed E-state index contributed by atoms with van der Waals surface area (Å²) in [5.41, 5.74) is -1.90. The first kappa shape index (κ1) is 25.0. The van der Waals surface area contributed by atoms with Crippen molar-refractivity contribution >= 4 is 12.1 Å². The minimum atomic E-state index is -4.72. The maximum absolute atomic E-state index is 13.5. The summed E-state index contributed by atoms with van der Waals surface area (Å²) < 4.78 is 46.8. The molecule has 10 heteroatoms. The van der Waals surface area contributed by atoms with E-state index in [4.69, 9.17) is 4.74 Å². The molecule has 1 aromatic carbocycles. The Bertz CT molecular complexity index is 1070. The first-order valence-corrected chi connectivity index (χ1v) is 9.69. The average Bonchev–Trinajstić information content (AvgIpc) is 2.64. The van der Waals surface area contributed by atoms with Crippen LogP contribution < -0.4 is 10.9 Å². The number of aliphatic carboxylic acids is 1. The fourth-order valence-corrected chi connectivity index (χ4v) is 3.10. The van der Waals surface area contributed by atoms with Crippen molar-refractivity contribution in [3.8, 4) is 11.1 Å². The van der Waals surface area contributed by atoms with Crippen LogP contribution in [-0.4, -0.2) is 33.4 Å². The van der Waals surface area contributed by atoms with Gasteiger partial charge in [0.15, 0.2) is 0 Å². The van der Waals surface area contributed by atoms with Gasteiger partial charge in [-0.3, -0.25) is 4.79 Å². The van der Waals surface area contributed by atoms with E-state index in [9.17, 15) is 32.7 Å². The molecule has 1 unspecified atom stereocenters. The molecule has 0 saturated carbocycles. The van der Waals surface area contributed by atoms with Gasteiger partial charge in [0.05, 0.1) is 5.56 Å². The van der Waals surface area contributed by atoms with Gasteiger partial charge in [-0.1, -0.05) is 24.3 Å². The van der Waals surface area contributed by atoms with E-state index in [1.807, 2.05) is 0 Å². The lowest BCUT2D eigenvalue weighted by atomic mass is 9.95. The molecule has 0 saturated heterocycles. The average molecular weight is 454 g/mol. The monoisotopic (exact) mass is 454 g/mol. The van der Waals surface area contributed by atoms with Crippen LogP contribution in [-0.2, 0) is 29.2 Å². The van der Waals surface area contributed by atoms with Crippen LogP contribution in [0.25, 0.3) is 11.1 Å². The van der Waals surface area contributed by atoms with E-state index in [1.165, 1.54) is 38.2 Å². The number of alkyl halides is 3. The van der Waals surface area contributed by atoms with Crippen LogP contribution >= 0.6 is 0 Å². The molecule has 0 bridgehead atoms. The molecule has 2 rings (SSSR count). The highest BCUT2D eigenvalue weighted by atomic mass is 19.4. The lowest BCUT2D eigenvalue weighted by molar-refractivity contribution is -0.139. The Hall–Kier alpha value is -3.30. The first-order chi connectivity index (χ1) is 14.6. The molecule has 2 N–H and O–H groups in total. The topological polar surface area (TPSA) is 97.6 Å². The summed E-state index contributed by atoms with van der Waals surface area (Å²) >= 11 is 0. The third kappa shape index (κ3) is 6.12. The predicted octanol–water partition coefficient (Wildman–Crippen LogP) is 3.90. The van der Waals surface area contributed by atoms with Crippen molar-refractivity contribution in [2.24, 2.45) is 7.05 Å². The van der Waals surface area contributed by atoms with Gasteiger partial charge in [-0.05, 0) is 38.8 Å². The van der Waals surface area contributed by atoms with Crippen molar-refractivity contribution in [2.75, 3.05) is 0 Å². The molecule has 1 aromatic heterocycles. The van der Waals surface area contributed by atoms with Crippen LogP contribution in [0.1, 0.15) is 37.6 Å². The summed E-state index contributed by atoms with van der Waals surface area (Å²) in [4.78, 5) is 35.3. The van der Waals surface area contributed by atoms with E-state index in [2.05, 4.69) is 5.32 Å². The fraction of sp³-hybridized carbons (Fsp3) is 0.409. The molecule has 7 nitrogen and oxygen atoms in total. The van der Waals surface area contributed by atoms with E-state index in [0.717, 1.165) is 4.57 Å². The Morgan fingerprint density at radius 1 is 1.16 bits per heavy atom. The van der Waals surface area contributed by atoms with E-state index in [1.54, 1.807) is 20.8 Å². The van der Waals surface area contributed by atoms with Crippen molar-refractivity contribution in [1.82, 2.24) is 9.88 Å². The zero-order chi connectivity index (χ0) is 24.4. The second-order valence-corrected chi connectivity index (χ2v) is 8.35. The van der Waals surface area contributed by atoms with E-state index >= 15 is 0 Å². The standard InChI is InChI=1S/C22H25F3N2O5/c1-12-18(15(22(23,24)25)11-17(28)27(12)5)14-8-6-13(7-9-14)10-16(19(29)30)26-20(31)32-21(2,3)4/h6-9,11,16H,10H2,1-5H3,(H,26,31)(H,29,30). The molecule has 0 aliphatic heterocycles. The molecule has 0 radical (unpaired) electrons. The lowest BCUT2D eigenvalue weighted by Gasteiger charge is -2.22. The summed E-state index contributed by atoms with van der Waals surface area (Å²) in [5.74, 6) is -1.28. The number of carbonyl (C=O) groups is 2. The maximum atomic E-state index is 13.5. The van der Waals surface area contributed by atoms with Crippen LogP contribution in [0.3, 0.4) is 0 Å². The largest absolute Gasteiger partial charge is 0.480 e. The van der Waals surface area contributed by atoms with Crippen molar-refractivity contribution in [1.29, 1.82) is 0 Å². The third-order valence-corrected chi connectivity index (χ3v) is 4.71. The number of carboxylic acid groups (broad SMARTS) is 1. The Morgan fingerprint density at radius 2 is 1.72 bits per heavy atom. The molecule has 1 heterocycles. The minimum absolute atomic E-state index is 0.104. The van der Waals surface area contributed by atoms with Gasteiger partial charge in [0.2, 0.25) is 0 Å². The number of alkyl carbamates (subject to hydrolysis) is 1. The van der Waals surface area contributed by atoms with Crippen LogP contribution in [0.15, 0.2) is 35.1 Å². The number of hydrogen-bond acceptors (Lipinski definition) is 4. The Balaban J connectivity index is 2.34. The smallest absolute Gasteiger partial charge is 0.417 e. The molecule has 0 aliphatic carbocycles. The molecule has 0 spiro atoms. The summed E-state index contributed by atoms with van der Waals surface area (Å²) in [5, 5.41) is 11.7. The minimum Gasteiger partial charge on any atom is -0.480 e. The van der Waals surface area contributed by atoms with Gasteiger partial charge < -0.3 is 19.7 Å². The molecule has 1 amide bonds. The van der Waals surface area contributed by atoms with E-state index in [0.29, 0.717) is 11.6 Å². The molecular formula is C22H25F3N2O5. The highest BCUT2D eigenvalue weighted by Gasteiger charge is 2.35. The van der Waals surface area contributed by atoms with Crippen molar-refractivity contribution < 1.29 is 32.6 Å². The molecule has 0 fully saturated rings. The zero-order valence-corrected chi connectivity index (χ0v) is 18.3. The number of pyridine rings is 1. The Labute approximate surface area is 182 Å². The number of halogens is 3. The number of rotatable bonds is 5. The lowest BCUT2D eigenvalue weighted by Crippen LogP contribution is -2.44. The summed E-state index contributed by atoms with van der Waals surface area (Å²) in [6, 6.07) is 5.06. The first-order valence-electron chi connectivity index (χ1n) is 9.69. The van der Waals surface area contributed by atoms with Crippen molar-refractivity contribution in [2.45, 2.75) is 51.9 Å². The highest BCUT2D eigenvalue weighted by Crippen LogP contribution is 2.38. The van der Waals surface area contributed by atoms with Gasteiger partial charge in [0, 0.05) is 30.8 Å². The number of carbonyl (C=O) groups excluding carboxylic acids is 1. The van der Waals surface area contributed by atoms with Gasteiger partial charge >= 0.3 is 18.2 Å². The van der Waals surface area contributed by atoms with Crippen LogP contribution in [0.4, 0.5) is 18.0 Å². The number of nitrogens with zero attached hydrogens (tertiary/aromatic N) is 1. The third-order valence-electron chi connectivity index (χ3n) is 4.71. The second-order valence-electron chi connectivity index (χ2n) is 8.35. The molecular weight excluding hydrogens is 429 g/mol. The maximum Gasteiger partial charge on any atom is 0.417 e. The Kier molecular flexibility index (Phi) is 7.06. The molecule has 0 aliphatic rings. The number of amides is 1. The van der Waals surface area contributed by atoms with Crippen LogP contribution in [0.5, 0.6) is 0 Å². The summed E-state index contributed by atoms with van der Waals surface area (Å²) in [7, 11) is 1.38. The Morgan fingerprint density at radius 3 is 2.19 bits per heavy atom. The van der Waals surface area contributed by atoms with Gasteiger partial charge in [-0.25, -0.2) is 9.59 Å². The molecule has 32 heavy (non-hydrogen) atoms. The van der Waals surface area contributed by atoms with E-state index in [-0.39, 0.29) is 23.2 Å². The molecule has 2 aromatic rings. The SMILES string of the molecule is Cc1c(-c2ccc(CC(NC(=O)OC(C)(C)C)C(=O)O)cc2)c(C(F)(F)F)cc(=O)n1C.